The van der Waals surface area contributed by atoms with Crippen molar-refractivity contribution in [3.63, 3.8) is 0 Å². The molecular formula is C69H113N5. The van der Waals surface area contributed by atoms with Gasteiger partial charge in [-0.1, -0.05) is 264 Å². The molecule has 1 aromatic heterocycles. The molecular weight excluding hydrogens is 899 g/mol. The number of nitrogens with zero attached hydrogens (tertiary/aromatic N) is 3. The Kier molecular flexibility index (Phi) is 35.2. The van der Waals surface area contributed by atoms with Gasteiger partial charge in [-0.15, -0.1) is 0 Å². The second-order valence-electron chi connectivity index (χ2n) is 22.6. The summed E-state index contributed by atoms with van der Waals surface area (Å²) in [6.45, 7) is 13.9. The summed E-state index contributed by atoms with van der Waals surface area (Å²) in [5, 5.41) is 7.69. The van der Waals surface area contributed by atoms with Crippen LogP contribution < -0.4 is 10.6 Å². The Hall–Kier alpha value is -3.73. The average Bonchev–Trinajstić information content (AvgIpc) is 3.41. The first-order chi connectivity index (χ1) is 36.5. The van der Waals surface area contributed by atoms with E-state index in [-0.39, 0.29) is 0 Å². The molecule has 4 aromatic rings. The zero-order chi connectivity index (χ0) is 52.5. The summed E-state index contributed by atoms with van der Waals surface area (Å²) in [4.78, 5) is 15.6. The first-order valence-corrected chi connectivity index (χ1v) is 32.2. The molecule has 0 amide bonds. The second kappa shape index (κ2) is 41.4. The number of benzene rings is 3. The molecule has 3 aromatic carbocycles. The fourth-order valence-corrected chi connectivity index (χ4v) is 11.3. The van der Waals surface area contributed by atoms with E-state index in [1.807, 2.05) is 0 Å². The molecule has 0 radical (unpaired) electrons. The molecule has 0 fully saturated rings. The van der Waals surface area contributed by atoms with Crippen molar-refractivity contribution in [1.29, 1.82) is 0 Å². The largest absolute Gasteiger partial charge is 0.324 e. The van der Waals surface area contributed by atoms with Gasteiger partial charge in [-0.2, -0.15) is 15.0 Å². The van der Waals surface area contributed by atoms with E-state index in [0.29, 0.717) is 17.7 Å². The Bertz CT molecular complexity index is 1790. The molecule has 0 aliphatic rings. The maximum absolute atomic E-state index is 5.25. The minimum absolute atomic E-state index is 0.611. The maximum atomic E-state index is 5.25. The number of hydrogen-bond donors (Lipinski definition) is 2. The molecule has 0 bridgehead atoms. The summed E-state index contributed by atoms with van der Waals surface area (Å²) in [6.07, 6.45) is 54.6. The van der Waals surface area contributed by atoms with Crippen LogP contribution in [0.15, 0.2) is 54.6 Å². The lowest BCUT2D eigenvalue weighted by atomic mass is 9.89. The van der Waals surface area contributed by atoms with Gasteiger partial charge in [0.05, 0.1) is 0 Å². The Labute approximate surface area is 457 Å². The predicted molar refractivity (Wildman–Crippen MR) is 327 cm³/mol. The molecule has 0 unspecified atom stereocenters. The van der Waals surface area contributed by atoms with Crippen molar-refractivity contribution in [3.8, 4) is 11.4 Å². The Morgan fingerprint density at radius 2 is 0.541 bits per heavy atom. The highest BCUT2D eigenvalue weighted by Gasteiger charge is 2.17. The average molecular weight is 1010 g/mol. The van der Waals surface area contributed by atoms with Crippen molar-refractivity contribution in [2.75, 3.05) is 10.6 Å². The smallest absolute Gasteiger partial charge is 0.232 e. The topological polar surface area (TPSA) is 62.7 Å². The van der Waals surface area contributed by atoms with E-state index in [4.69, 9.17) is 15.0 Å². The number of nitrogens with one attached hydrogen (secondary N) is 2. The maximum Gasteiger partial charge on any atom is 0.232 e. The van der Waals surface area contributed by atoms with Gasteiger partial charge in [-0.3, -0.25) is 0 Å². The van der Waals surface area contributed by atoms with Gasteiger partial charge in [0.25, 0.3) is 0 Å². The SMILES string of the molecule is CCCCCCCCc1cc(Nc2nc(Nc3cc(CCCCCCCC)c(CCCCCCCC)c(CCCCCCCC)c3)nc(-c3ccccc3)n2)cc(CCCCCCCC)c1CCCCCCCC. The van der Waals surface area contributed by atoms with Crippen LogP contribution >= 0.6 is 0 Å². The van der Waals surface area contributed by atoms with Crippen molar-refractivity contribution in [1.82, 2.24) is 15.0 Å². The molecule has 0 aliphatic carbocycles. The van der Waals surface area contributed by atoms with E-state index in [1.54, 1.807) is 33.4 Å². The molecule has 0 saturated heterocycles. The molecule has 5 heteroatoms. The molecule has 4 rings (SSSR count). The Morgan fingerprint density at radius 1 is 0.284 bits per heavy atom. The number of aryl methyl sites for hydroxylation is 4. The van der Waals surface area contributed by atoms with Crippen molar-refractivity contribution in [2.45, 2.75) is 311 Å². The number of unbranched alkanes of at least 4 members (excludes halogenated alkanes) is 30. The lowest BCUT2D eigenvalue weighted by molar-refractivity contribution is 0.593. The summed E-state index contributed by atoms with van der Waals surface area (Å²) < 4.78 is 0. The predicted octanol–water partition coefficient (Wildman–Crippen LogP) is 22.4. The molecule has 74 heavy (non-hydrogen) atoms. The van der Waals surface area contributed by atoms with Crippen LogP contribution in [0.4, 0.5) is 23.3 Å². The van der Waals surface area contributed by atoms with Crippen LogP contribution in [0.25, 0.3) is 11.4 Å². The summed E-state index contributed by atoms with van der Waals surface area (Å²) >= 11 is 0. The molecule has 0 spiro atoms. The second-order valence-corrected chi connectivity index (χ2v) is 22.6. The Morgan fingerprint density at radius 3 is 0.824 bits per heavy atom. The monoisotopic (exact) mass is 1010 g/mol. The van der Waals surface area contributed by atoms with Gasteiger partial charge in [0.15, 0.2) is 5.82 Å². The van der Waals surface area contributed by atoms with E-state index < -0.39 is 0 Å². The van der Waals surface area contributed by atoms with Gasteiger partial charge >= 0.3 is 0 Å². The lowest BCUT2D eigenvalue weighted by Crippen LogP contribution is -2.09. The van der Waals surface area contributed by atoms with Gasteiger partial charge in [-0.25, -0.2) is 0 Å². The van der Waals surface area contributed by atoms with Crippen LogP contribution in [-0.2, 0) is 38.5 Å². The van der Waals surface area contributed by atoms with Crippen molar-refractivity contribution < 1.29 is 0 Å². The zero-order valence-electron chi connectivity index (χ0n) is 49.2. The lowest BCUT2D eigenvalue weighted by Gasteiger charge is -2.20. The number of hydrogen-bond acceptors (Lipinski definition) is 5. The van der Waals surface area contributed by atoms with E-state index in [1.165, 1.54) is 244 Å². The number of anilines is 4. The van der Waals surface area contributed by atoms with Crippen molar-refractivity contribution in [3.05, 3.63) is 88.0 Å². The van der Waals surface area contributed by atoms with Crippen LogP contribution in [0.3, 0.4) is 0 Å². The van der Waals surface area contributed by atoms with Gasteiger partial charge in [0, 0.05) is 16.9 Å². The Balaban J connectivity index is 1.75. The van der Waals surface area contributed by atoms with Gasteiger partial charge < -0.3 is 10.6 Å². The first kappa shape index (κ1) is 62.8. The highest BCUT2D eigenvalue weighted by Crippen LogP contribution is 2.32. The molecule has 0 aliphatic heterocycles. The summed E-state index contributed by atoms with van der Waals surface area (Å²) in [6, 6.07) is 20.4. The third-order valence-electron chi connectivity index (χ3n) is 15.8. The quantitative estimate of drug-likeness (QED) is 0.0432. The van der Waals surface area contributed by atoms with Crippen LogP contribution in [0.1, 0.15) is 306 Å². The van der Waals surface area contributed by atoms with Crippen LogP contribution in [0, 0.1) is 0 Å². The highest BCUT2D eigenvalue weighted by molar-refractivity contribution is 5.66. The minimum Gasteiger partial charge on any atom is -0.324 e. The molecule has 2 N–H and O–H groups in total. The van der Waals surface area contributed by atoms with E-state index in [2.05, 4.69) is 107 Å². The minimum atomic E-state index is 0.611. The molecule has 0 saturated carbocycles. The van der Waals surface area contributed by atoms with Crippen LogP contribution in [0.5, 0.6) is 0 Å². The molecule has 414 valence electrons. The number of aromatic nitrogens is 3. The third-order valence-corrected chi connectivity index (χ3v) is 15.8. The summed E-state index contributed by atoms with van der Waals surface area (Å²) in [5.41, 5.74) is 12.7. The van der Waals surface area contributed by atoms with Gasteiger partial charge in [0.1, 0.15) is 0 Å². The summed E-state index contributed by atoms with van der Waals surface area (Å²) in [5.74, 6) is 1.92. The fraction of sp³-hybridized carbons (Fsp3) is 0.696. The summed E-state index contributed by atoms with van der Waals surface area (Å²) in [7, 11) is 0. The van der Waals surface area contributed by atoms with Gasteiger partial charge in [0.2, 0.25) is 11.9 Å². The van der Waals surface area contributed by atoms with Crippen molar-refractivity contribution >= 4 is 23.3 Å². The van der Waals surface area contributed by atoms with Crippen molar-refractivity contribution in [2.24, 2.45) is 0 Å². The first-order valence-electron chi connectivity index (χ1n) is 32.2. The zero-order valence-corrected chi connectivity index (χ0v) is 49.2. The standard InChI is InChI=1S/C69H113N5/c1-7-13-19-25-31-38-48-59-54-63(55-60(49-39-32-26-20-14-8-2)65(59)52-44-35-29-23-17-11-5)70-68-72-67(58-46-42-37-43-47-58)73-69(74-68)71-64-56-61(50-40-33-27-21-15-9-3)66(53-45-36-30-24-18-12-6)62(57-64)51-41-34-28-22-16-10-4/h37,42-43,46-47,54-57H,7-36,38-41,44-45,48-53H2,1-6H3,(H2,70,71,72,73,74). The van der Waals surface area contributed by atoms with Crippen LogP contribution in [-0.4, -0.2) is 15.0 Å². The normalized spacial score (nSPS) is 11.5. The molecule has 1 heterocycles. The van der Waals surface area contributed by atoms with E-state index in [9.17, 15) is 0 Å². The van der Waals surface area contributed by atoms with E-state index >= 15 is 0 Å². The third kappa shape index (κ3) is 26.4. The molecule has 0 atom stereocenters. The van der Waals surface area contributed by atoms with Crippen LogP contribution in [0.2, 0.25) is 0 Å². The number of rotatable bonds is 47. The highest BCUT2D eigenvalue weighted by atomic mass is 15.2. The van der Waals surface area contributed by atoms with Gasteiger partial charge in [-0.05, 0) is 135 Å². The fourth-order valence-electron chi connectivity index (χ4n) is 11.3. The van der Waals surface area contributed by atoms with E-state index in [0.717, 1.165) is 42.6 Å². The molecule has 5 nitrogen and oxygen atoms in total.